The number of rotatable bonds is 4. The molecule has 0 radical (unpaired) electrons. The van der Waals surface area contributed by atoms with E-state index < -0.39 is 5.54 Å². The van der Waals surface area contributed by atoms with Crippen LogP contribution in [0.4, 0.5) is 11.1 Å². The lowest BCUT2D eigenvalue weighted by Crippen LogP contribution is -2.35. The molecule has 5 nitrogen and oxygen atoms in total. The van der Waals surface area contributed by atoms with Gasteiger partial charge in [0.15, 0.2) is 0 Å². The van der Waals surface area contributed by atoms with Gasteiger partial charge in [-0.1, -0.05) is 30.3 Å². The largest absolute Gasteiger partial charge is 0.394 e. The number of nitrogens with two attached hydrogens (primary N) is 1. The van der Waals surface area contributed by atoms with Crippen LogP contribution < -0.4 is 11.1 Å². The summed E-state index contributed by atoms with van der Waals surface area (Å²) < 4.78 is 3.89. The number of aliphatic hydroxyl groups is 1. The Hall–Kier alpha value is -1.66. The van der Waals surface area contributed by atoms with Crippen LogP contribution in [0.3, 0.4) is 0 Å². The Kier molecular flexibility index (Phi) is 3.26. The third kappa shape index (κ3) is 2.54. The van der Waals surface area contributed by atoms with Crippen molar-refractivity contribution in [2.24, 2.45) is 0 Å². The molecule has 1 atom stereocenters. The average molecular weight is 250 g/mol. The fourth-order valence-corrected chi connectivity index (χ4v) is 2.16. The average Bonchev–Trinajstić information content (AvgIpc) is 2.75. The number of hydrogen-bond acceptors (Lipinski definition) is 6. The van der Waals surface area contributed by atoms with Crippen molar-refractivity contribution in [1.82, 2.24) is 9.36 Å². The molecular weight excluding hydrogens is 236 g/mol. The fourth-order valence-electron chi connectivity index (χ4n) is 1.53. The van der Waals surface area contributed by atoms with Gasteiger partial charge in [-0.05, 0) is 12.5 Å². The lowest BCUT2D eigenvalue weighted by atomic mass is 9.93. The minimum Gasteiger partial charge on any atom is -0.394 e. The molecule has 0 aliphatic carbocycles. The van der Waals surface area contributed by atoms with Gasteiger partial charge in [-0.3, -0.25) is 0 Å². The molecule has 4 N–H and O–H groups in total. The lowest BCUT2D eigenvalue weighted by molar-refractivity contribution is 0.224. The Labute approximate surface area is 103 Å². The van der Waals surface area contributed by atoms with Gasteiger partial charge in [0, 0.05) is 11.5 Å². The molecule has 1 unspecified atom stereocenters. The number of benzene rings is 1. The van der Waals surface area contributed by atoms with Gasteiger partial charge in [0.2, 0.25) is 11.1 Å². The van der Waals surface area contributed by atoms with Gasteiger partial charge in [0.25, 0.3) is 0 Å². The second kappa shape index (κ2) is 4.68. The normalized spacial score (nSPS) is 14.2. The van der Waals surface area contributed by atoms with E-state index in [-0.39, 0.29) is 12.6 Å². The zero-order valence-electron chi connectivity index (χ0n) is 9.42. The Morgan fingerprint density at radius 2 is 2.12 bits per heavy atom. The summed E-state index contributed by atoms with van der Waals surface area (Å²) in [6.07, 6.45) is 0. The van der Waals surface area contributed by atoms with Crippen LogP contribution in [0.5, 0.6) is 0 Å². The molecule has 90 valence electrons. The van der Waals surface area contributed by atoms with E-state index in [9.17, 15) is 5.11 Å². The summed E-state index contributed by atoms with van der Waals surface area (Å²) in [7, 11) is 0. The number of nitrogen functional groups attached to an aromatic ring is 1. The van der Waals surface area contributed by atoms with E-state index in [1.807, 2.05) is 37.3 Å². The van der Waals surface area contributed by atoms with Crippen molar-refractivity contribution >= 4 is 22.6 Å². The maximum Gasteiger partial charge on any atom is 0.233 e. The zero-order valence-corrected chi connectivity index (χ0v) is 10.2. The summed E-state index contributed by atoms with van der Waals surface area (Å²) in [5.74, 6) is 0.242. The van der Waals surface area contributed by atoms with E-state index in [2.05, 4.69) is 14.7 Å². The smallest absolute Gasteiger partial charge is 0.233 e. The monoisotopic (exact) mass is 250 g/mol. The second-order valence-corrected chi connectivity index (χ2v) is 4.69. The van der Waals surface area contributed by atoms with Gasteiger partial charge in [-0.2, -0.15) is 9.36 Å². The number of hydrogen-bond donors (Lipinski definition) is 3. The highest BCUT2D eigenvalue weighted by atomic mass is 32.1. The Morgan fingerprint density at radius 3 is 2.65 bits per heavy atom. The highest BCUT2D eigenvalue weighted by molar-refractivity contribution is 7.09. The molecule has 2 rings (SSSR count). The first-order valence-electron chi connectivity index (χ1n) is 5.18. The molecule has 17 heavy (non-hydrogen) atoms. The molecule has 0 aliphatic heterocycles. The van der Waals surface area contributed by atoms with Crippen molar-refractivity contribution in [3.8, 4) is 0 Å². The molecular formula is C11H14N4OS. The predicted molar refractivity (Wildman–Crippen MR) is 68.8 cm³/mol. The highest BCUT2D eigenvalue weighted by Gasteiger charge is 2.26. The molecule has 0 spiro atoms. The van der Waals surface area contributed by atoms with Crippen LogP contribution in [0.15, 0.2) is 30.3 Å². The van der Waals surface area contributed by atoms with Crippen LogP contribution in [0.2, 0.25) is 0 Å². The molecule has 0 amide bonds. The van der Waals surface area contributed by atoms with E-state index in [0.717, 1.165) is 5.56 Å². The summed E-state index contributed by atoms with van der Waals surface area (Å²) >= 11 is 1.18. The van der Waals surface area contributed by atoms with Crippen LogP contribution in [0.25, 0.3) is 0 Å². The van der Waals surface area contributed by atoms with Crippen LogP contribution in [0, 0.1) is 0 Å². The minimum atomic E-state index is -0.590. The van der Waals surface area contributed by atoms with Crippen LogP contribution in [-0.2, 0) is 5.54 Å². The number of aliphatic hydroxyl groups excluding tert-OH is 1. The number of anilines is 2. The molecule has 0 fully saturated rings. The van der Waals surface area contributed by atoms with Gasteiger partial charge in [-0.25, -0.2) is 0 Å². The Morgan fingerprint density at radius 1 is 1.41 bits per heavy atom. The molecule has 6 heteroatoms. The molecule has 1 aromatic heterocycles. The lowest BCUT2D eigenvalue weighted by Gasteiger charge is -2.28. The maximum absolute atomic E-state index is 9.57. The first kappa shape index (κ1) is 11.8. The quantitative estimate of drug-likeness (QED) is 0.764. The fraction of sp³-hybridized carbons (Fsp3) is 0.273. The molecule has 0 aliphatic rings. The van der Waals surface area contributed by atoms with E-state index in [0.29, 0.717) is 5.13 Å². The van der Waals surface area contributed by atoms with Crippen molar-refractivity contribution in [2.75, 3.05) is 17.7 Å². The Balaban J connectivity index is 2.26. The standard InChI is InChI=1S/C11H14N4OS/c1-11(7-16,8-5-3-2-4-6-8)14-10-13-9(12)15-17-10/h2-6,16H,7H2,1H3,(H3,12,13,14,15). The summed E-state index contributed by atoms with van der Waals surface area (Å²) in [6, 6.07) is 9.70. The zero-order chi connectivity index (χ0) is 12.3. The van der Waals surface area contributed by atoms with Gasteiger partial charge in [0.05, 0.1) is 12.1 Å². The van der Waals surface area contributed by atoms with Crippen molar-refractivity contribution < 1.29 is 5.11 Å². The van der Waals surface area contributed by atoms with E-state index in [1.54, 1.807) is 0 Å². The summed E-state index contributed by atoms with van der Waals surface area (Å²) in [5, 5.41) is 13.3. The van der Waals surface area contributed by atoms with Crippen LogP contribution in [0.1, 0.15) is 12.5 Å². The molecule has 0 saturated carbocycles. The van der Waals surface area contributed by atoms with E-state index >= 15 is 0 Å². The van der Waals surface area contributed by atoms with Crippen molar-refractivity contribution in [2.45, 2.75) is 12.5 Å². The van der Waals surface area contributed by atoms with Crippen LogP contribution >= 0.6 is 11.5 Å². The SMILES string of the molecule is CC(CO)(Nc1nc(N)ns1)c1ccccc1. The molecule has 2 aromatic rings. The topological polar surface area (TPSA) is 84.1 Å². The first-order chi connectivity index (χ1) is 8.14. The van der Waals surface area contributed by atoms with Gasteiger partial charge >= 0.3 is 0 Å². The van der Waals surface area contributed by atoms with Gasteiger partial charge < -0.3 is 16.2 Å². The summed E-state index contributed by atoms with van der Waals surface area (Å²) in [4.78, 5) is 4.03. The maximum atomic E-state index is 9.57. The van der Waals surface area contributed by atoms with E-state index in [1.165, 1.54) is 11.5 Å². The van der Waals surface area contributed by atoms with Gasteiger partial charge in [-0.15, -0.1) is 0 Å². The van der Waals surface area contributed by atoms with Gasteiger partial charge in [0.1, 0.15) is 0 Å². The summed E-state index contributed by atoms with van der Waals surface area (Å²) in [6.45, 7) is 1.86. The molecule has 0 bridgehead atoms. The minimum absolute atomic E-state index is 0.0451. The van der Waals surface area contributed by atoms with Crippen molar-refractivity contribution in [1.29, 1.82) is 0 Å². The van der Waals surface area contributed by atoms with E-state index in [4.69, 9.17) is 5.73 Å². The third-order valence-electron chi connectivity index (χ3n) is 2.55. The highest BCUT2D eigenvalue weighted by Crippen LogP contribution is 2.26. The number of aromatic nitrogens is 2. The summed E-state index contributed by atoms with van der Waals surface area (Å²) in [5.41, 5.74) is 5.86. The second-order valence-electron chi connectivity index (χ2n) is 3.94. The molecule has 0 saturated heterocycles. The number of nitrogens with one attached hydrogen (secondary N) is 1. The molecule has 1 aromatic carbocycles. The Bertz CT molecular complexity index is 487. The third-order valence-corrected chi connectivity index (χ3v) is 3.20. The number of nitrogens with zero attached hydrogens (tertiary/aromatic N) is 2. The van der Waals surface area contributed by atoms with Crippen molar-refractivity contribution in [3.63, 3.8) is 0 Å². The van der Waals surface area contributed by atoms with Crippen LogP contribution in [-0.4, -0.2) is 21.1 Å². The first-order valence-corrected chi connectivity index (χ1v) is 5.95. The van der Waals surface area contributed by atoms with Crippen molar-refractivity contribution in [3.05, 3.63) is 35.9 Å². The predicted octanol–water partition coefficient (Wildman–Crippen LogP) is 1.44. The molecule has 1 heterocycles.